The molecule has 0 aliphatic rings. The van der Waals surface area contributed by atoms with Crippen molar-refractivity contribution in [3.63, 3.8) is 0 Å². The summed E-state index contributed by atoms with van der Waals surface area (Å²) < 4.78 is 20.2. The zero-order chi connectivity index (χ0) is 19.8. The lowest BCUT2D eigenvalue weighted by molar-refractivity contribution is 0.0783. The summed E-state index contributed by atoms with van der Waals surface area (Å²) in [5.41, 5.74) is 3.40. The van der Waals surface area contributed by atoms with Gasteiger partial charge in [0, 0.05) is 31.2 Å². The van der Waals surface area contributed by atoms with Gasteiger partial charge in [0.05, 0.1) is 29.5 Å². The molecular weight excluding hydrogens is 363 g/mol. The first-order valence-electron chi connectivity index (χ1n) is 8.55. The number of halogens is 1. The van der Waals surface area contributed by atoms with Gasteiger partial charge in [-0.3, -0.25) is 9.48 Å². The second kappa shape index (κ2) is 6.84. The molecule has 0 aliphatic carbocycles. The molecule has 28 heavy (non-hydrogen) atoms. The fourth-order valence-corrected chi connectivity index (χ4v) is 2.97. The Labute approximate surface area is 159 Å². The fourth-order valence-electron chi connectivity index (χ4n) is 2.97. The van der Waals surface area contributed by atoms with Gasteiger partial charge < -0.3 is 4.90 Å². The Morgan fingerprint density at radius 2 is 2.11 bits per heavy atom. The normalized spacial score (nSPS) is 11.1. The molecule has 9 heteroatoms. The molecular formula is C19H17FN6O2. The largest absolute Gasteiger partial charge is 0.336 e. The first kappa shape index (κ1) is 17.8. The van der Waals surface area contributed by atoms with Crippen molar-refractivity contribution in [1.29, 1.82) is 0 Å². The predicted octanol–water partition coefficient (Wildman–Crippen LogP) is 2.74. The van der Waals surface area contributed by atoms with Crippen molar-refractivity contribution in [1.82, 2.24) is 30.0 Å². The van der Waals surface area contributed by atoms with E-state index in [2.05, 4.69) is 20.4 Å². The van der Waals surface area contributed by atoms with E-state index in [1.54, 1.807) is 50.2 Å². The molecule has 0 radical (unpaired) electrons. The maximum Gasteiger partial charge on any atom is 0.254 e. The molecule has 4 aromatic rings. The monoisotopic (exact) mass is 380 g/mol. The minimum Gasteiger partial charge on any atom is -0.336 e. The number of nitrogens with zero attached hydrogens (tertiary/aromatic N) is 6. The molecule has 0 atom stereocenters. The van der Waals surface area contributed by atoms with E-state index in [0.717, 1.165) is 5.56 Å². The van der Waals surface area contributed by atoms with E-state index in [9.17, 15) is 9.18 Å². The van der Waals surface area contributed by atoms with Gasteiger partial charge in [0.2, 0.25) is 0 Å². The number of hydrogen-bond donors (Lipinski definition) is 0. The Bertz CT molecular complexity index is 1180. The second-order valence-electron chi connectivity index (χ2n) is 6.58. The maximum absolute atomic E-state index is 13.9. The van der Waals surface area contributed by atoms with Gasteiger partial charge in [-0.25, -0.2) is 14.0 Å². The molecule has 8 nitrogen and oxygen atoms in total. The van der Waals surface area contributed by atoms with Crippen LogP contribution >= 0.6 is 0 Å². The summed E-state index contributed by atoms with van der Waals surface area (Å²) in [6.07, 6.45) is 3.47. The third-order valence-electron chi connectivity index (χ3n) is 4.48. The third kappa shape index (κ3) is 3.22. The van der Waals surface area contributed by atoms with Gasteiger partial charge in [-0.1, -0.05) is 10.3 Å². The van der Waals surface area contributed by atoms with Crippen molar-refractivity contribution < 1.29 is 13.8 Å². The molecule has 0 N–H and O–H groups in total. The van der Waals surface area contributed by atoms with Crippen molar-refractivity contribution in [3.8, 4) is 11.3 Å². The van der Waals surface area contributed by atoms with E-state index >= 15 is 0 Å². The standard InChI is InChI=1S/C19H17FN6O2/c1-11-18(24-28-23-11)10-25(2)19(27)15-7-17(12-8-21-26(3)9-12)22-16-5-4-13(20)6-14(15)16/h4-9H,10H2,1-3H3. The Morgan fingerprint density at radius 3 is 2.79 bits per heavy atom. The summed E-state index contributed by atoms with van der Waals surface area (Å²) in [5, 5.41) is 12.1. The van der Waals surface area contributed by atoms with Gasteiger partial charge in [0.15, 0.2) is 0 Å². The average Bonchev–Trinajstić information content (AvgIpc) is 3.28. The number of rotatable bonds is 4. The van der Waals surface area contributed by atoms with Gasteiger partial charge in [0.25, 0.3) is 5.91 Å². The zero-order valence-corrected chi connectivity index (χ0v) is 15.5. The van der Waals surface area contributed by atoms with Crippen LogP contribution in [0.3, 0.4) is 0 Å². The molecule has 0 saturated carbocycles. The molecule has 142 valence electrons. The molecule has 3 heterocycles. The predicted molar refractivity (Wildman–Crippen MR) is 98.7 cm³/mol. The highest BCUT2D eigenvalue weighted by Crippen LogP contribution is 2.26. The third-order valence-corrected chi connectivity index (χ3v) is 4.48. The SMILES string of the molecule is Cc1nonc1CN(C)C(=O)c1cc(-c2cnn(C)c2)nc2ccc(F)cc12. The highest BCUT2D eigenvalue weighted by atomic mass is 19.1. The van der Waals surface area contributed by atoms with Gasteiger partial charge in [-0.05, 0) is 31.2 Å². The van der Waals surface area contributed by atoms with E-state index in [1.807, 2.05) is 0 Å². The number of carbonyl (C=O) groups is 1. The van der Waals surface area contributed by atoms with Crippen LogP contribution in [-0.4, -0.2) is 42.9 Å². The molecule has 0 spiro atoms. The van der Waals surface area contributed by atoms with Crippen molar-refractivity contribution >= 4 is 16.8 Å². The van der Waals surface area contributed by atoms with Crippen LogP contribution in [-0.2, 0) is 13.6 Å². The lowest BCUT2D eigenvalue weighted by atomic mass is 10.0. The van der Waals surface area contributed by atoms with E-state index < -0.39 is 5.82 Å². The lowest BCUT2D eigenvalue weighted by Gasteiger charge is -2.17. The maximum atomic E-state index is 13.9. The zero-order valence-electron chi connectivity index (χ0n) is 15.5. The smallest absolute Gasteiger partial charge is 0.254 e. The summed E-state index contributed by atoms with van der Waals surface area (Å²) in [6.45, 7) is 1.97. The average molecular weight is 380 g/mol. The fraction of sp³-hybridized carbons (Fsp3) is 0.211. The van der Waals surface area contributed by atoms with E-state index in [0.29, 0.717) is 33.5 Å². The second-order valence-corrected chi connectivity index (χ2v) is 6.58. The number of benzene rings is 1. The first-order valence-corrected chi connectivity index (χ1v) is 8.55. The van der Waals surface area contributed by atoms with Crippen LogP contribution in [0.25, 0.3) is 22.2 Å². The number of hydrogen-bond acceptors (Lipinski definition) is 6. The van der Waals surface area contributed by atoms with E-state index in [-0.39, 0.29) is 12.5 Å². The van der Waals surface area contributed by atoms with E-state index in [4.69, 9.17) is 4.63 Å². The molecule has 0 bridgehead atoms. The number of aromatic nitrogens is 5. The van der Waals surface area contributed by atoms with Crippen LogP contribution in [0.4, 0.5) is 4.39 Å². The molecule has 0 saturated heterocycles. The first-order chi connectivity index (χ1) is 13.4. The molecule has 4 rings (SSSR count). The number of pyridine rings is 1. The molecule has 0 aliphatic heterocycles. The highest BCUT2D eigenvalue weighted by Gasteiger charge is 2.20. The van der Waals surface area contributed by atoms with Crippen LogP contribution in [0, 0.1) is 12.7 Å². The van der Waals surface area contributed by atoms with Crippen LogP contribution in [0.2, 0.25) is 0 Å². The van der Waals surface area contributed by atoms with Gasteiger partial charge in [-0.15, -0.1) is 0 Å². The van der Waals surface area contributed by atoms with Crippen LogP contribution in [0.15, 0.2) is 41.3 Å². The summed E-state index contributed by atoms with van der Waals surface area (Å²) in [7, 11) is 3.44. The van der Waals surface area contributed by atoms with Crippen molar-refractivity contribution in [2.24, 2.45) is 7.05 Å². The van der Waals surface area contributed by atoms with Gasteiger partial charge in [0.1, 0.15) is 17.2 Å². The van der Waals surface area contributed by atoms with Crippen molar-refractivity contribution in [2.45, 2.75) is 13.5 Å². The molecule has 1 aromatic carbocycles. The molecule has 0 fully saturated rings. The molecule has 1 amide bonds. The number of aryl methyl sites for hydroxylation is 2. The van der Waals surface area contributed by atoms with Crippen molar-refractivity contribution in [3.05, 3.63) is 59.4 Å². The number of carbonyl (C=O) groups excluding carboxylic acids is 1. The summed E-state index contributed by atoms with van der Waals surface area (Å²) >= 11 is 0. The summed E-state index contributed by atoms with van der Waals surface area (Å²) in [6, 6.07) is 5.86. The molecule has 3 aromatic heterocycles. The number of amides is 1. The minimum absolute atomic E-state index is 0.218. The Kier molecular flexibility index (Phi) is 4.34. The topological polar surface area (TPSA) is 89.9 Å². The summed E-state index contributed by atoms with van der Waals surface area (Å²) in [5.74, 6) is -0.720. The quantitative estimate of drug-likeness (QED) is 0.541. The van der Waals surface area contributed by atoms with Gasteiger partial charge in [-0.2, -0.15) is 5.10 Å². The van der Waals surface area contributed by atoms with Crippen LogP contribution < -0.4 is 0 Å². The van der Waals surface area contributed by atoms with Crippen molar-refractivity contribution in [2.75, 3.05) is 7.05 Å². The van der Waals surface area contributed by atoms with Crippen LogP contribution in [0.5, 0.6) is 0 Å². The summed E-state index contributed by atoms with van der Waals surface area (Å²) in [4.78, 5) is 19.2. The van der Waals surface area contributed by atoms with Crippen LogP contribution in [0.1, 0.15) is 21.7 Å². The Hall–Kier alpha value is -3.62. The lowest BCUT2D eigenvalue weighted by Crippen LogP contribution is -2.27. The minimum atomic E-state index is -0.434. The Balaban J connectivity index is 1.80. The highest BCUT2D eigenvalue weighted by molar-refractivity contribution is 6.07. The van der Waals surface area contributed by atoms with Gasteiger partial charge >= 0.3 is 0 Å². The Morgan fingerprint density at radius 1 is 1.29 bits per heavy atom. The van der Waals surface area contributed by atoms with E-state index in [1.165, 1.54) is 17.0 Å². The molecule has 0 unspecified atom stereocenters. The number of fused-ring (bicyclic) bond motifs is 1.